The van der Waals surface area contributed by atoms with Crippen LogP contribution in [0.3, 0.4) is 0 Å². The van der Waals surface area contributed by atoms with E-state index in [1.165, 1.54) is 0 Å². The third-order valence-corrected chi connectivity index (χ3v) is 6.33. The molecule has 8 heteroatoms. The molecule has 2 aromatic carbocycles. The van der Waals surface area contributed by atoms with Gasteiger partial charge in [-0.2, -0.15) is 0 Å². The van der Waals surface area contributed by atoms with E-state index in [0.29, 0.717) is 29.8 Å². The average molecular weight is 439 g/mol. The molecular formula is C23H23ClN4O3. The van der Waals surface area contributed by atoms with Crippen LogP contribution < -0.4 is 10.2 Å². The third kappa shape index (κ3) is 3.68. The van der Waals surface area contributed by atoms with Crippen LogP contribution >= 0.6 is 11.6 Å². The van der Waals surface area contributed by atoms with Crippen molar-refractivity contribution in [1.29, 1.82) is 0 Å². The molecule has 1 aromatic heterocycles. The number of hydrogen-bond acceptors (Lipinski definition) is 4. The maximum atomic E-state index is 13.4. The van der Waals surface area contributed by atoms with Gasteiger partial charge in [-0.15, -0.1) is 0 Å². The predicted octanol–water partition coefficient (Wildman–Crippen LogP) is 4.09. The lowest BCUT2D eigenvalue weighted by atomic mass is 10.1. The van der Waals surface area contributed by atoms with Gasteiger partial charge in [0.05, 0.1) is 30.1 Å². The van der Waals surface area contributed by atoms with E-state index in [-0.39, 0.29) is 24.3 Å². The monoisotopic (exact) mass is 438 g/mol. The van der Waals surface area contributed by atoms with Crippen molar-refractivity contribution in [3.63, 3.8) is 0 Å². The van der Waals surface area contributed by atoms with E-state index < -0.39 is 6.04 Å². The molecule has 2 atom stereocenters. The molecule has 5 rings (SSSR count). The van der Waals surface area contributed by atoms with Crippen molar-refractivity contribution < 1.29 is 14.3 Å². The molecule has 1 fully saturated rings. The molecule has 0 unspecified atom stereocenters. The van der Waals surface area contributed by atoms with Gasteiger partial charge in [-0.25, -0.2) is 4.98 Å². The number of halogens is 1. The van der Waals surface area contributed by atoms with E-state index in [2.05, 4.69) is 5.32 Å². The summed E-state index contributed by atoms with van der Waals surface area (Å²) in [5, 5.41) is 3.45. The van der Waals surface area contributed by atoms with Crippen molar-refractivity contribution in [2.45, 2.75) is 38.3 Å². The highest BCUT2D eigenvalue weighted by Crippen LogP contribution is 2.37. The molecule has 0 spiro atoms. The zero-order chi connectivity index (χ0) is 21.5. The van der Waals surface area contributed by atoms with E-state index in [4.69, 9.17) is 21.3 Å². The Morgan fingerprint density at radius 1 is 1.29 bits per heavy atom. The van der Waals surface area contributed by atoms with Crippen molar-refractivity contribution in [3.8, 4) is 0 Å². The standard InChI is InChI=1S/C23H23ClN4O3/c1-14-8-9-15(11-17(14)24)25-21(29)12-20-22(30)27(13-16-5-4-10-31-16)23-26-18-6-2-3-7-19(18)28(20)23/h2-3,6-9,11,16,20H,4-5,10,12-13H2,1H3,(H,25,29)/t16-,20+/m0/s1. The maximum absolute atomic E-state index is 13.4. The van der Waals surface area contributed by atoms with Crippen LogP contribution in [-0.4, -0.2) is 40.6 Å². The molecule has 3 aromatic rings. The number of nitrogens with one attached hydrogen (secondary N) is 1. The average Bonchev–Trinajstić information content (AvgIpc) is 3.45. The van der Waals surface area contributed by atoms with E-state index in [9.17, 15) is 9.59 Å². The molecule has 1 saturated heterocycles. The largest absolute Gasteiger partial charge is 0.376 e. The molecule has 7 nitrogen and oxygen atoms in total. The van der Waals surface area contributed by atoms with Gasteiger partial charge >= 0.3 is 0 Å². The summed E-state index contributed by atoms with van der Waals surface area (Å²) in [5.41, 5.74) is 3.19. The number of fused-ring (bicyclic) bond motifs is 3. The van der Waals surface area contributed by atoms with Crippen molar-refractivity contribution in [1.82, 2.24) is 9.55 Å². The van der Waals surface area contributed by atoms with Crippen molar-refractivity contribution in [2.75, 3.05) is 23.4 Å². The van der Waals surface area contributed by atoms with Gasteiger partial charge in [-0.3, -0.25) is 19.1 Å². The molecule has 2 amide bonds. The number of para-hydroxylation sites is 2. The van der Waals surface area contributed by atoms with Crippen LogP contribution in [0.15, 0.2) is 42.5 Å². The first-order chi connectivity index (χ1) is 15.0. The third-order valence-electron chi connectivity index (χ3n) is 5.93. The molecule has 1 N–H and O–H groups in total. The Morgan fingerprint density at radius 3 is 2.90 bits per heavy atom. The van der Waals surface area contributed by atoms with Gasteiger partial charge in [0.15, 0.2) is 0 Å². The highest BCUT2D eigenvalue weighted by molar-refractivity contribution is 6.31. The molecule has 3 heterocycles. The number of hydrogen-bond donors (Lipinski definition) is 1. The number of ether oxygens (including phenoxy) is 1. The minimum Gasteiger partial charge on any atom is -0.376 e. The topological polar surface area (TPSA) is 76.5 Å². The molecule has 2 aliphatic rings. The number of amides is 2. The summed E-state index contributed by atoms with van der Waals surface area (Å²) in [6.07, 6.45) is 1.93. The Bertz CT molecular complexity index is 1170. The molecular weight excluding hydrogens is 416 g/mol. The normalized spacial score (nSPS) is 20.5. The number of imidazole rings is 1. The molecule has 0 saturated carbocycles. The predicted molar refractivity (Wildman–Crippen MR) is 120 cm³/mol. The Kier molecular flexibility index (Phi) is 5.16. The van der Waals surface area contributed by atoms with Crippen LogP contribution in [0.1, 0.15) is 30.9 Å². The smallest absolute Gasteiger partial charge is 0.253 e. The number of nitrogens with zero attached hydrogens (tertiary/aromatic N) is 3. The van der Waals surface area contributed by atoms with Crippen molar-refractivity contribution >= 4 is 46.1 Å². The van der Waals surface area contributed by atoms with E-state index in [1.54, 1.807) is 17.0 Å². The minimum atomic E-state index is -0.648. The molecule has 0 radical (unpaired) electrons. The number of benzene rings is 2. The second kappa shape index (κ2) is 7.98. The molecule has 2 aliphatic heterocycles. The fourth-order valence-electron chi connectivity index (χ4n) is 4.32. The Morgan fingerprint density at radius 2 is 2.13 bits per heavy atom. The van der Waals surface area contributed by atoms with Crippen LogP contribution in [0, 0.1) is 6.92 Å². The van der Waals surface area contributed by atoms with Crippen LogP contribution in [0.25, 0.3) is 11.0 Å². The van der Waals surface area contributed by atoms with Crippen LogP contribution in [0.5, 0.6) is 0 Å². The Balaban J connectivity index is 1.43. The lowest BCUT2D eigenvalue weighted by Gasteiger charge is -2.19. The highest BCUT2D eigenvalue weighted by atomic mass is 35.5. The van der Waals surface area contributed by atoms with Crippen molar-refractivity contribution in [2.24, 2.45) is 0 Å². The first-order valence-corrected chi connectivity index (χ1v) is 10.8. The lowest BCUT2D eigenvalue weighted by molar-refractivity contribution is -0.124. The minimum absolute atomic E-state index is 0.000473. The summed E-state index contributed by atoms with van der Waals surface area (Å²) in [7, 11) is 0. The first kappa shape index (κ1) is 20.0. The Hall–Kier alpha value is -2.90. The van der Waals surface area contributed by atoms with Gasteiger partial charge in [0, 0.05) is 17.3 Å². The number of carbonyl (C=O) groups excluding carboxylic acids is 2. The van der Waals surface area contributed by atoms with Crippen LogP contribution in [0.4, 0.5) is 11.6 Å². The molecule has 0 aliphatic carbocycles. The van der Waals surface area contributed by atoms with Gasteiger partial charge in [-0.05, 0) is 49.6 Å². The summed E-state index contributed by atoms with van der Waals surface area (Å²) in [6.45, 7) is 3.07. The summed E-state index contributed by atoms with van der Waals surface area (Å²) < 4.78 is 7.63. The quantitative estimate of drug-likeness (QED) is 0.650. The fourth-order valence-corrected chi connectivity index (χ4v) is 4.50. The van der Waals surface area contributed by atoms with Crippen molar-refractivity contribution in [3.05, 3.63) is 53.1 Å². The number of rotatable bonds is 5. The van der Waals surface area contributed by atoms with Crippen LogP contribution in [-0.2, 0) is 14.3 Å². The number of anilines is 2. The number of aryl methyl sites for hydroxylation is 1. The summed E-state index contributed by atoms with van der Waals surface area (Å²) >= 11 is 6.17. The fraction of sp³-hybridized carbons (Fsp3) is 0.348. The SMILES string of the molecule is Cc1ccc(NC(=O)C[C@@H]2C(=O)N(C[C@@H]3CCCO3)c3nc4ccccc4n32)cc1Cl. The van der Waals surface area contributed by atoms with Gasteiger partial charge < -0.3 is 10.1 Å². The Labute approximate surface area is 184 Å². The van der Waals surface area contributed by atoms with E-state index in [0.717, 1.165) is 29.4 Å². The number of aromatic nitrogens is 2. The van der Waals surface area contributed by atoms with E-state index in [1.807, 2.05) is 41.8 Å². The molecule has 0 bridgehead atoms. The molecule has 31 heavy (non-hydrogen) atoms. The lowest BCUT2D eigenvalue weighted by Crippen LogP contribution is -2.37. The first-order valence-electron chi connectivity index (χ1n) is 10.5. The van der Waals surface area contributed by atoms with E-state index >= 15 is 0 Å². The van der Waals surface area contributed by atoms with Gasteiger partial charge in [-0.1, -0.05) is 29.8 Å². The second-order valence-corrected chi connectivity index (χ2v) is 8.49. The molecule has 160 valence electrons. The van der Waals surface area contributed by atoms with Crippen LogP contribution in [0.2, 0.25) is 5.02 Å². The summed E-state index contributed by atoms with van der Waals surface area (Å²) in [5.74, 6) is 0.208. The zero-order valence-corrected chi connectivity index (χ0v) is 17.9. The highest BCUT2D eigenvalue weighted by Gasteiger charge is 2.42. The van der Waals surface area contributed by atoms with Gasteiger partial charge in [0.25, 0.3) is 5.91 Å². The maximum Gasteiger partial charge on any atom is 0.253 e. The summed E-state index contributed by atoms with van der Waals surface area (Å²) in [6, 6.07) is 12.4. The zero-order valence-electron chi connectivity index (χ0n) is 17.2. The van der Waals surface area contributed by atoms with Gasteiger partial charge in [0.1, 0.15) is 6.04 Å². The summed E-state index contributed by atoms with van der Waals surface area (Å²) in [4.78, 5) is 32.6. The second-order valence-electron chi connectivity index (χ2n) is 8.09. The van der Waals surface area contributed by atoms with Gasteiger partial charge in [0.2, 0.25) is 11.9 Å². The number of carbonyl (C=O) groups is 2.